The molecule has 0 amide bonds. The Morgan fingerprint density at radius 3 is 2.72 bits per heavy atom. The van der Waals surface area contributed by atoms with Crippen LogP contribution in [0.2, 0.25) is 5.28 Å². The van der Waals surface area contributed by atoms with E-state index in [1.807, 2.05) is 0 Å². The summed E-state index contributed by atoms with van der Waals surface area (Å²) in [7, 11) is 0. The second-order valence-electron chi connectivity index (χ2n) is 3.85. The molecule has 90 valence electrons. The molecule has 0 bridgehead atoms. The number of fused-ring (bicyclic) bond motifs is 1. The van der Waals surface area contributed by atoms with Crippen molar-refractivity contribution in [3.63, 3.8) is 0 Å². The fourth-order valence-electron chi connectivity index (χ4n) is 1.72. The summed E-state index contributed by atoms with van der Waals surface area (Å²) < 4.78 is 14.5. The van der Waals surface area contributed by atoms with E-state index in [0.29, 0.717) is 12.2 Å². The zero-order chi connectivity index (χ0) is 12.5. The lowest BCUT2D eigenvalue weighted by Gasteiger charge is -2.03. The zero-order valence-electron chi connectivity index (χ0n) is 9.22. The summed E-state index contributed by atoms with van der Waals surface area (Å²) in [6, 6.07) is 6.27. The summed E-state index contributed by atoms with van der Waals surface area (Å²) in [6.07, 6.45) is 3.30. The van der Waals surface area contributed by atoms with Gasteiger partial charge in [0.2, 0.25) is 5.28 Å². The number of halogens is 2. The molecule has 6 heteroatoms. The van der Waals surface area contributed by atoms with E-state index in [2.05, 4.69) is 15.1 Å². The van der Waals surface area contributed by atoms with E-state index >= 15 is 0 Å². The molecule has 0 saturated carbocycles. The van der Waals surface area contributed by atoms with E-state index < -0.39 is 0 Å². The maximum Gasteiger partial charge on any atom is 0.224 e. The van der Waals surface area contributed by atoms with Gasteiger partial charge in [-0.05, 0) is 29.3 Å². The summed E-state index contributed by atoms with van der Waals surface area (Å²) in [4.78, 5) is 8.02. The second-order valence-corrected chi connectivity index (χ2v) is 4.18. The molecule has 0 atom stereocenters. The maximum atomic E-state index is 12.8. The van der Waals surface area contributed by atoms with Crippen LogP contribution < -0.4 is 0 Å². The Balaban J connectivity index is 1.99. The third-order valence-electron chi connectivity index (χ3n) is 2.59. The fraction of sp³-hybridized carbons (Fsp3) is 0.0833. The highest BCUT2D eigenvalue weighted by Gasteiger charge is 2.06. The summed E-state index contributed by atoms with van der Waals surface area (Å²) in [5.41, 5.74) is 1.61. The Morgan fingerprint density at radius 2 is 1.94 bits per heavy atom. The first-order valence-corrected chi connectivity index (χ1v) is 5.69. The molecule has 0 N–H and O–H groups in total. The van der Waals surface area contributed by atoms with E-state index in [1.54, 1.807) is 29.2 Å². The van der Waals surface area contributed by atoms with Crippen LogP contribution in [-0.4, -0.2) is 19.7 Å². The Hall–Kier alpha value is -2.01. The minimum Gasteiger partial charge on any atom is -0.243 e. The average Bonchev–Trinajstić information content (AvgIpc) is 2.75. The molecule has 0 unspecified atom stereocenters. The van der Waals surface area contributed by atoms with Gasteiger partial charge in [-0.3, -0.25) is 0 Å². The van der Waals surface area contributed by atoms with Crippen LogP contribution in [0.4, 0.5) is 4.39 Å². The molecule has 4 nitrogen and oxygen atoms in total. The highest BCUT2D eigenvalue weighted by Crippen LogP contribution is 2.14. The SMILES string of the molecule is Fc1ccc(Cn2ncc3cnc(Cl)nc32)cc1. The van der Waals surface area contributed by atoms with E-state index in [-0.39, 0.29) is 11.1 Å². The quantitative estimate of drug-likeness (QED) is 0.667. The van der Waals surface area contributed by atoms with Crippen molar-refractivity contribution >= 4 is 22.6 Å². The smallest absolute Gasteiger partial charge is 0.224 e. The van der Waals surface area contributed by atoms with Gasteiger partial charge in [0.15, 0.2) is 5.65 Å². The van der Waals surface area contributed by atoms with Gasteiger partial charge in [-0.25, -0.2) is 14.1 Å². The summed E-state index contributed by atoms with van der Waals surface area (Å²) in [5.74, 6) is -0.255. The van der Waals surface area contributed by atoms with Gasteiger partial charge in [-0.1, -0.05) is 12.1 Å². The first-order chi connectivity index (χ1) is 8.72. The van der Waals surface area contributed by atoms with E-state index in [1.165, 1.54) is 12.1 Å². The van der Waals surface area contributed by atoms with Gasteiger partial charge in [0.1, 0.15) is 5.82 Å². The van der Waals surface area contributed by atoms with Crippen LogP contribution in [0, 0.1) is 5.82 Å². The maximum absolute atomic E-state index is 12.8. The van der Waals surface area contributed by atoms with Crippen LogP contribution in [0.1, 0.15) is 5.56 Å². The van der Waals surface area contributed by atoms with E-state index in [4.69, 9.17) is 11.6 Å². The van der Waals surface area contributed by atoms with Crippen molar-refractivity contribution in [2.75, 3.05) is 0 Å². The largest absolute Gasteiger partial charge is 0.243 e. The van der Waals surface area contributed by atoms with Crippen molar-refractivity contribution in [2.24, 2.45) is 0 Å². The van der Waals surface area contributed by atoms with Crippen molar-refractivity contribution in [3.05, 3.63) is 53.3 Å². The van der Waals surface area contributed by atoms with Gasteiger partial charge in [-0.2, -0.15) is 10.1 Å². The number of benzene rings is 1. The molecule has 18 heavy (non-hydrogen) atoms. The first-order valence-electron chi connectivity index (χ1n) is 5.31. The molecule has 3 rings (SSSR count). The first kappa shape index (κ1) is 11.1. The molecule has 2 heterocycles. The van der Waals surface area contributed by atoms with Gasteiger partial charge >= 0.3 is 0 Å². The molecule has 0 saturated heterocycles. The van der Waals surface area contributed by atoms with Crippen LogP contribution >= 0.6 is 11.6 Å². The molecular formula is C12H8ClFN4. The fourth-order valence-corrected chi connectivity index (χ4v) is 1.85. The summed E-state index contributed by atoms with van der Waals surface area (Å²) in [6.45, 7) is 0.511. The molecule has 0 radical (unpaired) electrons. The average molecular weight is 263 g/mol. The molecule has 0 aliphatic rings. The Morgan fingerprint density at radius 1 is 1.17 bits per heavy atom. The minimum absolute atomic E-state index is 0.184. The molecule has 1 aromatic carbocycles. The minimum atomic E-state index is -0.255. The second kappa shape index (κ2) is 4.34. The van der Waals surface area contributed by atoms with Gasteiger partial charge in [0.05, 0.1) is 18.1 Å². The number of rotatable bonds is 2. The monoisotopic (exact) mass is 262 g/mol. The van der Waals surface area contributed by atoms with Crippen LogP contribution in [0.5, 0.6) is 0 Å². The number of hydrogen-bond acceptors (Lipinski definition) is 3. The highest BCUT2D eigenvalue weighted by atomic mass is 35.5. The van der Waals surface area contributed by atoms with Crippen molar-refractivity contribution in [1.82, 2.24) is 19.7 Å². The molecule has 0 aliphatic carbocycles. The standard InChI is InChI=1S/C12H8ClFN4/c13-12-15-5-9-6-16-18(11(9)17-12)7-8-1-3-10(14)4-2-8/h1-6H,7H2. The lowest BCUT2D eigenvalue weighted by atomic mass is 10.2. The van der Waals surface area contributed by atoms with Crippen molar-refractivity contribution in [2.45, 2.75) is 6.54 Å². The highest BCUT2D eigenvalue weighted by molar-refractivity contribution is 6.28. The predicted molar refractivity (Wildman–Crippen MR) is 65.8 cm³/mol. The Labute approximate surface area is 107 Å². The van der Waals surface area contributed by atoms with Gasteiger partial charge in [0.25, 0.3) is 0 Å². The van der Waals surface area contributed by atoms with Gasteiger partial charge in [-0.15, -0.1) is 0 Å². The van der Waals surface area contributed by atoms with Crippen molar-refractivity contribution in [3.8, 4) is 0 Å². The van der Waals surface area contributed by atoms with E-state index in [9.17, 15) is 4.39 Å². The van der Waals surface area contributed by atoms with Crippen LogP contribution in [0.15, 0.2) is 36.7 Å². The predicted octanol–water partition coefficient (Wildman–Crippen LogP) is 2.67. The van der Waals surface area contributed by atoms with Gasteiger partial charge < -0.3 is 0 Å². The Bertz CT molecular complexity index is 693. The van der Waals surface area contributed by atoms with Gasteiger partial charge in [0, 0.05) is 6.20 Å². The van der Waals surface area contributed by atoms with Crippen molar-refractivity contribution in [1.29, 1.82) is 0 Å². The molecule has 2 aromatic heterocycles. The number of hydrogen-bond donors (Lipinski definition) is 0. The molecule has 0 aliphatic heterocycles. The van der Waals surface area contributed by atoms with Crippen LogP contribution in [-0.2, 0) is 6.54 Å². The Kier molecular flexibility index (Phi) is 2.68. The molecule has 3 aromatic rings. The van der Waals surface area contributed by atoms with E-state index in [0.717, 1.165) is 10.9 Å². The molecule has 0 fully saturated rings. The lowest BCUT2D eigenvalue weighted by Crippen LogP contribution is -2.02. The third kappa shape index (κ3) is 2.04. The number of nitrogens with zero attached hydrogens (tertiary/aromatic N) is 4. The van der Waals surface area contributed by atoms with Crippen LogP contribution in [0.3, 0.4) is 0 Å². The summed E-state index contributed by atoms with van der Waals surface area (Å²) in [5, 5.41) is 5.22. The number of aromatic nitrogens is 4. The normalized spacial score (nSPS) is 11.0. The van der Waals surface area contributed by atoms with Crippen LogP contribution in [0.25, 0.3) is 11.0 Å². The topological polar surface area (TPSA) is 43.6 Å². The zero-order valence-corrected chi connectivity index (χ0v) is 9.97. The molecule has 0 spiro atoms. The molecular weight excluding hydrogens is 255 g/mol. The summed E-state index contributed by atoms with van der Waals surface area (Å²) >= 11 is 5.76. The third-order valence-corrected chi connectivity index (χ3v) is 2.77. The lowest BCUT2D eigenvalue weighted by molar-refractivity contribution is 0.625. The van der Waals surface area contributed by atoms with Crippen molar-refractivity contribution < 1.29 is 4.39 Å².